The van der Waals surface area contributed by atoms with Gasteiger partial charge in [-0.2, -0.15) is 10.2 Å². The second-order valence-electron chi connectivity index (χ2n) is 6.67. The fourth-order valence-corrected chi connectivity index (χ4v) is 5.82. The van der Waals surface area contributed by atoms with Gasteiger partial charge in [0.15, 0.2) is 0 Å². The largest absolute Gasteiger partial charge is 1.00 e. The molecule has 8 heteroatoms. The molecule has 4 rings (SSSR count). The van der Waals surface area contributed by atoms with Crippen molar-refractivity contribution in [3.63, 3.8) is 0 Å². The van der Waals surface area contributed by atoms with Crippen molar-refractivity contribution in [3.05, 3.63) is 109 Å². The van der Waals surface area contributed by atoms with Crippen LogP contribution < -0.4 is 45.5 Å². The predicted molar refractivity (Wildman–Crippen MR) is 124 cm³/mol. The fourth-order valence-electron chi connectivity index (χ4n) is 3.06. The van der Waals surface area contributed by atoms with Gasteiger partial charge in [0.2, 0.25) is 0 Å². The van der Waals surface area contributed by atoms with Crippen molar-refractivity contribution in [2.75, 3.05) is 0 Å². The van der Waals surface area contributed by atoms with E-state index in [0.29, 0.717) is 11.4 Å². The number of hydrogen-bond acceptors (Lipinski definition) is 5. The van der Waals surface area contributed by atoms with Gasteiger partial charge in [0.25, 0.3) is 0 Å². The van der Waals surface area contributed by atoms with Crippen LogP contribution in [0.15, 0.2) is 124 Å². The van der Waals surface area contributed by atoms with E-state index in [9.17, 15) is 13.0 Å². The summed E-state index contributed by atoms with van der Waals surface area (Å²) in [6.07, 6.45) is 0. The Kier molecular flexibility index (Phi) is 8.49. The van der Waals surface area contributed by atoms with Crippen molar-refractivity contribution < 1.29 is 42.5 Å². The summed E-state index contributed by atoms with van der Waals surface area (Å²) in [5, 5.41) is 12.1. The van der Waals surface area contributed by atoms with E-state index in [1.165, 1.54) is 40.2 Å². The van der Waals surface area contributed by atoms with E-state index < -0.39 is 18.0 Å². The fraction of sp³-hybridized carbons (Fsp3) is 0. The molecule has 0 bridgehead atoms. The summed E-state index contributed by atoms with van der Waals surface area (Å²) < 4.78 is 33.0. The Morgan fingerprint density at radius 2 is 0.938 bits per heavy atom. The smallest absolute Gasteiger partial charge is 0.744 e. The van der Waals surface area contributed by atoms with E-state index in [1.807, 2.05) is 24.3 Å². The molecule has 0 unspecified atom stereocenters. The summed E-state index contributed by atoms with van der Waals surface area (Å²) in [5.74, 6) is 0. The Morgan fingerprint density at radius 3 is 1.34 bits per heavy atom. The standard InChI is InChI=1S/C24H19N2O3PS.Na/c27-31(28,29)24-17-13-20(14-18-24)26-25-19-11-15-23(16-12-19)30(21-7-3-1-4-8-21)22-9-5-2-6-10-22;/h1-18H,(H,27,28,29);/q;+1/p-1. The van der Waals surface area contributed by atoms with Crippen molar-refractivity contribution in [2.45, 2.75) is 4.90 Å². The van der Waals surface area contributed by atoms with Crippen molar-refractivity contribution in [1.29, 1.82) is 0 Å². The molecular weight excluding hydrogens is 450 g/mol. The Bertz CT molecular complexity index is 1240. The molecular formula is C24H18N2NaO3PS. The van der Waals surface area contributed by atoms with Crippen LogP contribution in [0.5, 0.6) is 0 Å². The summed E-state index contributed by atoms with van der Waals surface area (Å²) >= 11 is 0. The molecule has 154 valence electrons. The van der Waals surface area contributed by atoms with Crippen LogP contribution in [0.1, 0.15) is 0 Å². The molecule has 4 aromatic rings. The number of rotatable bonds is 6. The predicted octanol–water partition coefficient (Wildman–Crippen LogP) is 1.77. The van der Waals surface area contributed by atoms with E-state index >= 15 is 0 Å². The first kappa shape index (κ1) is 24.5. The monoisotopic (exact) mass is 468 g/mol. The van der Waals surface area contributed by atoms with Crippen molar-refractivity contribution in [3.8, 4) is 0 Å². The van der Waals surface area contributed by atoms with Gasteiger partial charge in [0.05, 0.1) is 16.3 Å². The average molecular weight is 468 g/mol. The van der Waals surface area contributed by atoms with Crippen LogP contribution in [-0.2, 0) is 10.1 Å². The minimum Gasteiger partial charge on any atom is -0.744 e. The number of nitrogens with zero attached hydrogens (tertiary/aromatic N) is 2. The molecule has 0 heterocycles. The number of benzene rings is 4. The Labute approximate surface area is 211 Å². The van der Waals surface area contributed by atoms with Gasteiger partial charge in [-0.1, -0.05) is 72.8 Å². The van der Waals surface area contributed by atoms with Crippen LogP contribution in [0.3, 0.4) is 0 Å². The topological polar surface area (TPSA) is 81.9 Å². The molecule has 0 N–H and O–H groups in total. The summed E-state index contributed by atoms with van der Waals surface area (Å²) in [4.78, 5) is -0.286. The summed E-state index contributed by atoms with van der Waals surface area (Å²) in [6, 6.07) is 34.2. The molecule has 0 aliphatic carbocycles. The van der Waals surface area contributed by atoms with E-state index in [4.69, 9.17) is 0 Å². The maximum atomic E-state index is 11.0. The summed E-state index contributed by atoms with van der Waals surface area (Å²) in [5.41, 5.74) is 1.15. The molecule has 0 aliphatic rings. The van der Waals surface area contributed by atoms with Crippen molar-refractivity contribution >= 4 is 45.3 Å². The van der Waals surface area contributed by atoms with Crippen LogP contribution in [-0.4, -0.2) is 13.0 Å². The van der Waals surface area contributed by atoms with Crippen molar-refractivity contribution in [1.82, 2.24) is 0 Å². The Balaban J connectivity index is 0.00000289. The first-order valence-electron chi connectivity index (χ1n) is 9.49. The zero-order chi connectivity index (χ0) is 21.7. The molecule has 0 saturated carbocycles. The SMILES string of the molecule is O=S(=O)([O-])c1ccc(N=Nc2ccc(P(c3ccccc3)c3ccccc3)cc2)cc1.[Na+]. The summed E-state index contributed by atoms with van der Waals surface area (Å²) in [6.45, 7) is 0. The Hall–Kier alpha value is -2.18. The number of hydrogen-bond donors (Lipinski definition) is 0. The molecule has 4 aromatic carbocycles. The van der Waals surface area contributed by atoms with Gasteiger partial charge in [-0.15, -0.1) is 0 Å². The molecule has 0 spiro atoms. The van der Waals surface area contributed by atoms with E-state index in [1.54, 1.807) is 0 Å². The van der Waals surface area contributed by atoms with E-state index in [0.717, 1.165) is 0 Å². The first-order valence-corrected chi connectivity index (χ1v) is 12.2. The van der Waals surface area contributed by atoms with Gasteiger partial charge >= 0.3 is 29.6 Å². The molecule has 0 amide bonds. The van der Waals surface area contributed by atoms with Crippen LogP contribution in [0.2, 0.25) is 0 Å². The van der Waals surface area contributed by atoms with Gasteiger partial charge in [0.1, 0.15) is 10.1 Å². The van der Waals surface area contributed by atoms with Crippen LogP contribution in [0, 0.1) is 0 Å². The third-order valence-electron chi connectivity index (χ3n) is 4.54. The molecule has 0 saturated heterocycles. The maximum Gasteiger partial charge on any atom is 1.00 e. The molecule has 0 atom stereocenters. The van der Waals surface area contributed by atoms with Gasteiger partial charge in [0, 0.05) is 0 Å². The third kappa shape index (κ3) is 6.20. The molecule has 0 aliphatic heterocycles. The van der Waals surface area contributed by atoms with Gasteiger partial charge in [-0.3, -0.25) is 0 Å². The van der Waals surface area contributed by atoms with Crippen molar-refractivity contribution in [2.24, 2.45) is 10.2 Å². The van der Waals surface area contributed by atoms with Crippen LogP contribution in [0.4, 0.5) is 11.4 Å². The van der Waals surface area contributed by atoms with E-state index in [-0.39, 0.29) is 34.5 Å². The third-order valence-corrected chi connectivity index (χ3v) is 7.84. The molecule has 5 nitrogen and oxygen atoms in total. The van der Waals surface area contributed by atoms with Gasteiger partial charge in [-0.05, 0) is 60.2 Å². The quantitative estimate of drug-likeness (QED) is 0.187. The molecule has 32 heavy (non-hydrogen) atoms. The number of azo groups is 1. The maximum absolute atomic E-state index is 11.0. The molecule has 0 radical (unpaired) electrons. The average Bonchev–Trinajstić information content (AvgIpc) is 2.80. The van der Waals surface area contributed by atoms with Crippen LogP contribution in [0.25, 0.3) is 0 Å². The van der Waals surface area contributed by atoms with Gasteiger partial charge < -0.3 is 4.55 Å². The first-order chi connectivity index (χ1) is 15.0. The van der Waals surface area contributed by atoms with E-state index in [2.05, 4.69) is 70.9 Å². The summed E-state index contributed by atoms with van der Waals surface area (Å²) in [7, 11) is -5.15. The second kappa shape index (κ2) is 11.1. The van der Waals surface area contributed by atoms with Crippen LogP contribution >= 0.6 is 7.92 Å². The molecule has 0 aromatic heterocycles. The molecule has 0 fully saturated rings. The van der Waals surface area contributed by atoms with Gasteiger partial charge in [-0.25, -0.2) is 8.42 Å². The Morgan fingerprint density at radius 1 is 0.562 bits per heavy atom. The zero-order valence-corrected chi connectivity index (χ0v) is 21.1. The second-order valence-corrected chi connectivity index (χ2v) is 10.3. The minimum atomic E-state index is -4.47. The normalized spacial score (nSPS) is 11.4. The minimum absolute atomic E-state index is 0. The zero-order valence-electron chi connectivity index (χ0n) is 17.4.